The van der Waals surface area contributed by atoms with Crippen LogP contribution in [0.4, 0.5) is 0 Å². The van der Waals surface area contributed by atoms with Crippen molar-refractivity contribution in [2.45, 2.75) is 13.8 Å². The number of benzene rings is 2. The topological polar surface area (TPSA) is 154 Å². The molecule has 0 unspecified atom stereocenters. The summed E-state index contributed by atoms with van der Waals surface area (Å²) in [4.78, 5) is 30.2. The van der Waals surface area contributed by atoms with Crippen molar-refractivity contribution in [1.82, 2.24) is 24.8 Å². The van der Waals surface area contributed by atoms with Gasteiger partial charge in [-0.2, -0.15) is 9.97 Å². The van der Waals surface area contributed by atoms with E-state index in [1.807, 2.05) is 6.92 Å². The lowest BCUT2D eigenvalue weighted by Gasteiger charge is -2.13. The third-order valence-electron chi connectivity index (χ3n) is 4.90. The zero-order valence-corrected chi connectivity index (χ0v) is 19.8. The number of aromatic amines is 1. The summed E-state index contributed by atoms with van der Waals surface area (Å²) in [6.07, 6.45) is 0. The van der Waals surface area contributed by atoms with Crippen molar-refractivity contribution in [2.75, 3.05) is 20.7 Å². The summed E-state index contributed by atoms with van der Waals surface area (Å²) in [5, 5.41) is 5.74. The summed E-state index contributed by atoms with van der Waals surface area (Å²) in [6, 6.07) is 11.8. The Labute approximate surface area is 201 Å². The van der Waals surface area contributed by atoms with Crippen LogP contribution in [0.1, 0.15) is 28.7 Å². The number of ether oxygens (including phenoxy) is 3. The predicted molar refractivity (Wildman–Crippen MR) is 129 cm³/mol. The molecule has 0 atom stereocenters. The summed E-state index contributed by atoms with van der Waals surface area (Å²) in [7, 11) is 3.37. The lowest BCUT2D eigenvalue weighted by atomic mass is 10.2. The molecule has 0 aliphatic heterocycles. The molecule has 0 spiro atoms. The molecule has 0 aliphatic rings. The molecule has 0 bridgehead atoms. The number of nitrogens with one attached hydrogen (secondary N) is 1. The first kappa shape index (κ1) is 23.5. The highest BCUT2D eigenvalue weighted by atomic mass is 16.5. The van der Waals surface area contributed by atoms with E-state index in [1.54, 1.807) is 63.5 Å². The summed E-state index contributed by atoms with van der Waals surface area (Å²) in [5.74, 6) is 2.00. The first-order chi connectivity index (χ1) is 16.7. The molecule has 0 fully saturated rings. The Morgan fingerprint density at radius 1 is 1.06 bits per heavy atom. The average Bonchev–Trinajstić information content (AvgIpc) is 3.20. The van der Waals surface area contributed by atoms with Crippen LogP contribution in [0.15, 0.2) is 42.5 Å². The van der Waals surface area contributed by atoms with Gasteiger partial charge in [-0.15, -0.1) is 0 Å². The number of amides is 1. The van der Waals surface area contributed by atoms with E-state index in [2.05, 4.69) is 19.9 Å². The van der Waals surface area contributed by atoms with E-state index in [-0.39, 0.29) is 23.6 Å². The molecule has 2 aromatic heterocycles. The van der Waals surface area contributed by atoms with Gasteiger partial charge in [0, 0.05) is 25.7 Å². The van der Waals surface area contributed by atoms with Gasteiger partial charge in [0.1, 0.15) is 17.1 Å². The van der Waals surface area contributed by atoms with Crippen LogP contribution in [0, 0.1) is 6.92 Å². The Hall–Kier alpha value is -4.67. The molecule has 0 radical (unpaired) electrons. The van der Waals surface area contributed by atoms with E-state index in [4.69, 9.17) is 25.4 Å². The second-order valence-electron chi connectivity index (χ2n) is 7.81. The lowest BCUT2D eigenvalue weighted by Crippen LogP contribution is -2.46. The van der Waals surface area contributed by atoms with Crippen molar-refractivity contribution < 1.29 is 24.4 Å². The van der Waals surface area contributed by atoms with Crippen LogP contribution in [-0.4, -0.2) is 57.3 Å². The third-order valence-corrected chi connectivity index (χ3v) is 4.90. The smallest absolute Gasteiger partial charge is 0.327 e. The minimum Gasteiger partial charge on any atom is -0.490 e. The highest BCUT2D eigenvalue weighted by Gasteiger charge is 2.18. The van der Waals surface area contributed by atoms with E-state index in [9.17, 15) is 4.79 Å². The van der Waals surface area contributed by atoms with E-state index in [0.717, 1.165) is 0 Å². The molecule has 1 amide bonds. The first-order valence-electron chi connectivity index (χ1n) is 10.8. The van der Waals surface area contributed by atoms with Crippen LogP contribution in [0.5, 0.6) is 29.1 Å². The number of fused-ring (bicyclic) bond motifs is 1. The van der Waals surface area contributed by atoms with Crippen molar-refractivity contribution >= 4 is 22.9 Å². The Bertz CT molecular complexity index is 1410. The molecular formula is C24H26N7O4+. The van der Waals surface area contributed by atoms with Gasteiger partial charge >= 0.3 is 6.01 Å². The lowest BCUT2D eigenvalue weighted by molar-refractivity contribution is -0.114. The zero-order valence-electron chi connectivity index (χ0n) is 19.8. The van der Waals surface area contributed by atoms with Gasteiger partial charge in [0.15, 0.2) is 17.1 Å². The highest BCUT2D eigenvalue weighted by Crippen LogP contribution is 2.34. The molecule has 11 heteroatoms. The number of imidazole rings is 1. The van der Waals surface area contributed by atoms with Gasteiger partial charge in [-0.25, -0.2) is 4.98 Å². The molecular weight excluding hydrogens is 450 g/mol. The minimum absolute atomic E-state index is 0.0202. The summed E-state index contributed by atoms with van der Waals surface area (Å²) >= 11 is 0. The van der Waals surface area contributed by atoms with Gasteiger partial charge in [0.05, 0.1) is 12.2 Å². The van der Waals surface area contributed by atoms with Crippen LogP contribution in [0.2, 0.25) is 0 Å². The fourth-order valence-corrected chi connectivity index (χ4v) is 3.29. The monoisotopic (exact) mass is 476 g/mol. The van der Waals surface area contributed by atoms with E-state index in [0.29, 0.717) is 52.0 Å². The zero-order chi connectivity index (χ0) is 25.1. The fourth-order valence-electron chi connectivity index (χ4n) is 3.29. The van der Waals surface area contributed by atoms with E-state index >= 15 is 0 Å². The van der Waals surface area contributed by atoms with Crippen molar-refractivity contribution in [1.29, 1.82) is 0 Å². The van der Waals surface area contributed by atoms with Crippen LogP contribution < -0.4 is 25.4 Å². The third kappa shape index (κ3) is 5.13. The van der Waals surface area contributed by atoms with Gasteiger partial charge < -0.3 is 24.1 Å². The number of H-pyrrole nitrogens is 1. The number of carbonyl (C=O) groups is 1. The number of nitrogens with zero attached hydrogens (tertiary/aromatic N) is 4. The number of hydrogen-bond donors (Lipinski definition) is 3. The van der Waals surface area contributed by atoms with Crippen LogP contribution in [0.25, 0.3) is 11.2 Å². The molecule has 0 saturated heterocycles. The van der Waals surface area contributed by atoms with Crippen LogP contribution in [0.3, 0.4) is 0 Å². The van der Waals surface area contributed by atoms with Crippen molar-refractivity contribution in [3.05, 3.63) is 59.4 Å². The Morgan fingerprint density at radius 2 is 1.86 bits per heavy atom. The molecule has 2 aromatic carbocycles. The van der Waals surface area contributed by atoms with Crippen molar-refractivity contribution in [3.8, 4) is 29.1 Å². The first-order valence-corrected chi connectivity index (χ1v) is 10.8. The maximum absolute atomic E-state index is 12.4. The molecule has 180 valence electrons. The Morgan fingerprint density at radius 3 is 2.57 bits per heavy atom. The van der Waals surface area contributed by atoms with Crippen LogP contribution in [-0.2, 0) is 0 Å². The average molecular weight is 477 g/mol. The molecule has 35 heavy (non-hydrogen) atoms. The molecule has 5 N–H and O–H groups in total. The number of nitrogens with two attached hydrogens (primary N) is 2. The maximum atomic E-state index is 12.4. The van der Waals surface area contributed by atoms with Gasteiger partial charge in [0.2, 0.25) is 0 Å². The second-order valence-corrected chi connectivity index (χ2v) is 7.81. The standard InChI is InChI=1S/C24H25N7O4/c1-5-33-17-10-9-14(20(25)26)12-18(17)35-24-29-21-19(27-13(2)28-21)22(30-24)34-16-8-6-7-15(11-16)23(32)31(3)4/h6-12H,5H2,1-4H3,(H3,25,26)(H,27,28,29,30)/p+1. The summed E-state index contributed by atoms with van der Waals surface area (Å²) in [5.41, 5.74) is 7.62. The normalized spacial score (nSPS) is 10.7. The van der Waals surface area contributed by atoms with Gasteiger partial charge in [0.25, 0.3) is 17.6 Å². The second kappa shape index (κ2) is 9.67. The van der Waals surface area contributed by atoms with Crippen molar-refractivity contribution in [2.24, 2.45) is 5.73 Å². The quantitative estimate of drug-likeness (QED) is 0.257. The van der Waals surface area contributed by atoms with Gasteiger partial charge in [-0.3, -0.25) is 15.9 Å². The van der Waals surface area contributed by atoms with E-state index < -0.39 is 0 Å². The fraction of sp³-hybridized carbons (Fsp3) is 0.208. The summed E-state index contributed by atoms with van der Waals surface area (Å²) < 4.78 is 17.7. The summed E-state index contributed by atoms with van der Waals surface area (Å²) in [6.45, 7) is 4.07. The number of rotatable bonds is 8. The van der Waals surface area contributed by atoms with Gasteiger partial charge in [-0.05, 0) is 44.2 Å². The van der Waals surface area contributed by atoms with Crippen LogP contribution >= 0.6 is 0 Å². The number of hydrogen-bond acceptors (Lipinski definition) is 7. The molecule has 0 saturated carbocycles. The largest absolute Gasteiger partial charge is 0.490 e. The van der Waals surface area contributed by atoms with Gasteiger partial charge in [-0.1, -0.05) is 6.07 Å². The molecule has 0 aliphatic carbocycles. The Balaban J connectivity index is 1.74. The predicted octanol–water partition coefficient (Wildman–Crippen LogP) is 1.81. The molecule has 2 heterocycles. The molecule has 4 rings (SSSR count). The highest BCUT2D eigenvalue weighted by molar-refractivity contribution is 5.94. The SMILES string of the molecule is CCOc1ccc(C(N)=[NH2+])cc1Oc1nc(Oc2cccc(C(=O)N(C)C)c2)c2[nH]c(C)nc2n1. The molecule has 4 aromatic rings. The minimum atomic E-state index is -0.149. The number of amidine groups is 1. The number of aromatic nitrogens is 4. The van der Waals surface area contributed by atoms with Crippen molar-refractivity contribution in [3.63, 3.8) is 0 Å². The van der Waals surface area contributed by atoms with E-state index in [1.165, 1.54) is 4.90 Å². The maximum Gasteiger partial charge on any atom is 0.327 e. The number of carbonyl (C=O) groups excluding carboxylic acids is 1. The Kier molecular flexibility index (Phi) is 6.49. The number of aryl methyl sites for hydroxylation is 1. The molecule has 11 nitrogen and oxygen atoms in total.